The largest absolute Gasteiger partial charge is 0.351 e. The average Bonchev–Trinajstić information content (AvgIpc) is 3.31. The van der Waals surface area contributed by atoms with Crippen molar-refractivity contribution in [2.24, 2.45) is 0 Å². The van der Waals surface area contributed by atoms with Crippen LogP contribution in [-0.4, -0.2) is 14.7 Å². The Bertz CT molecular complexity index is 1360. The Kier molecular flexibility index (Phi) is 5.70. The Balaban J connectivity index is 1.73. The van der Waals surface area contributed by atoms with Crippen LogP contribution in [0.5, 0.6) is 0 Å². The molecule has 2 atom stereocenters. The monoisotopic (exact) mass is 470 g/mol. The molecule has 34 heavy (non-hydrogen) atoms. The van der Waals surface area contributed by atoms with Crippen molar-refractivity contribution in [1.29, 1.82) is 0 Å². The van der Waals surface area contributed by atoms with Crippen LogP contribution in [0.3, 0.4) is 0 Å². The number of hydrogen-bond donors (Lipinski definition) is 1. The number of hydrogen-bond acceptors (Lipinski definition) is 2. The summed E-state index contributed by atoms with van der Waals surface area (Å²) in [5, 5.41) is 3.92. The number of para-hydroxylation sites is 2. The molecule has 0 aliphatic carbocycles. The van der Waals surface area contributed by atoms with Gasteiger partial charge in [0.1, 0.15) is 5.82 Å². The maximum absolute atomic E-state index is 15.0. The van der Waals surface area contributed by atoms with Crippen molar-refractivity contribution in [3.05, 3.63) is 113 Å². The molecule has 4 aromatic rings. The van der Waals surface area contributed by atoms with Crippen molar-refractivity contribution < 1.29 is 4.39 Å². The second-order valence-corrected chi connectivity index (χ2v) is 9.24. The standard InChI is InChI=1S/C28H27FN4S/c1-17-10-9-11-18(2)26(17)32-19(3)16-21(20(32)4)27-25(23-13-7-8-15-30-23)31-28(34)33(27)24-14-6-5-12-22(24)29/h5-16,25,27H,1-4H3,(H,31,34). The molecule has 3 heterocycles. The number of thiocarbonyl (C=S) groups is 1. The van der Waals surface area contributed by atoms with E-state index in [4.69, 9.17) is 12.2 Å². The molecule has 1 aliphatic rings. The fraction of sp³-hybridized carbons (Fsp3) is 0.214. The van der Waals surface area contributed by atoms with Gasteiger partial charge in [0, 0.05) is 17.6 Å². The van der Waals surface area contributed by atoms with Gasteiger partial charge >= 0.3 is 0 Å². The minimum Gasteiger partial charge on any atom is -0.351 e. The number of halogens is 1. The van der Waals surface area contributed by atoms with Crippen LogP contribution in [0, 0.1) is 33.5 Å². The molecule has 0 radical (unpaired) electrons. The molecule has 5 rings (SSSR count). The first-order valence-electron chi connectivity index (χ1n) is 11.4. The molecule has 2 unspecified atom stereocenters. The summed E-state index contributed by atoms with van der Waals surface area (Å²) in [6.07, 6.45) is 1.78. The molecule has 0 bridgehead atoms. The number of nitrogens with zero attached hydrogens (tertiary/aromatic N) is 3. The zero-order valence-corrected chi connectivity index (χ0v) is 20.5. The first-order valence-corrected chi connectivity index (χ1v) is 11.8. The molecule has 2 aromatic heterocycles. The number of aromatic nitrogens is 2. The highest BCUT2D eigenvalue weighted by molar-refractivity contribution is 7.80. The molecule has 2 aromatic carbocycles. The number of aryl methyl sites for hydroxylation is 3. The minimum atomic E-state index is -0.304. The quantitative estimate of drug-likeness (QED) is 0.349. The average molecular weight is 471 g/mol. The predicted octanol–water partition coefficient (Wildman–Crippen LogP) is 6.42. The van der Waals surface area contributed by atoms with Crippen molar-refractivity contribution in [3.8, 4) is 5.69 Å². The lowest BCUT2D eigenvalue weighted by Crippen LogP contribution is -2.30. The van der Waals surface area contributed by atoms with E-state index in [1.165, 1.54) is 22.9 Å². The Morgan fingerprint density at radius 3 is 2.29 bits per heavy atom. The van der Waals surface area contributed by atoms with Crippen LogP contribution in [0.2, 0.25) is 0 Å². The number of nitrogens with one attached hydrogen (secondary N) is 1. The fourth-order valence-electron chi connectivity index (χ4n) is 5.17. The Morgan fingerprint density at radius 2 is 1.62 bits per heavy atom. The van der Waals surface area contributed by atoms with Crippen molar-refractivity contribution in [2.75, 3.05) is 4.90 Å². The minimum absolute atomic E-state index is 0.222. The fourth-order valence-corrected chi connectivity index (χ4v) is 5.51. The second kappa shape index (κ2) is 8.69. The van der Waals surface area contributed by atoms with E-state index in [0.717, 1.165) is 22.6 Å². The first-order chi connectivity index (χ1) is 16.4. The lowest BCUT2D eigenvalue weighted by atomic mass is 9.96. The molecule has 1 N–H and O–H groups in total. The van der Waals surface area contributed by atoms with Gasteiger partial charge in [0.2, 0.25) is 0 Å². The van der Waals surface area contributed by atoms with Gasteiger partial charge in [-0.1, -0.05) is 36.4 Å². The Labute approximate surface area is 205 Å². The smallest absolute Gasteiger partial charge is 0.174 e. The maximum Gasteiger partial charge on any atom is 0.174 e. The van der Waals surface area contributed by atoms with Crippen molar-refractivity contribution in [3.63, 3.8) is 0 Å². The van der Waals surface area contributed by atoms with Crippen LogP contribution in [0.15, 0.2) is 72.9 Å². The summed E-state index contributed by atoms with van der Waals surface area (Å²) < 4.78 is 17.3. The molecular weight excluding hydrogens is 443 g/mol. The Morgan fingerprint density at radius 1 is 0.912 bits per heavy atom. The normalized spacial score (nSPS) is 17.8. The van der Waals surface area contributed by atoms with Gasteiger partial charge in [-0.3, -0.25) is 4.98 Å². The second-order valence-electron chi connectivity index (χ2n) is 8.85. The maximum atomic E-state index is 15.0. The van der Waals surface area contributed by atoms with Crippen molar-refractivity contribution in [1.82, 2.24) is 14.9 Å². The summed E-state index contributed by atoms with van der Waals surface area (Å²) in [6, 6.07) is 20.7. The van der Waals surface area contributed by atoms with E-state index in [9.17, 15) is 0 Å². The van der Waals surface area contributed by atoms with E-state index in [1.54, 1.807) is 18.3 Å². The Hall–Kier alpha value is -3.51. The van der Waals surface area contributed by atoms with E-state index in [2.05, 4.69) is 66.8 Å². The van der Waals surface area contributed by atoms with Gasteiger partial charge in [-0.25, -0.2) is 4.39 Å². The van der Waals surface area contributed by atoms with E-state index < -0.39 is 0 Å². The topological polar surface area (TPSA) is 33.1 Å². The van der Waals surface area contributed by atoms with E-state index in [1.807, 2.05) is 29.2 Å². The number of anilines is 1. The SMILES string of the molecule is Cc1cccc(C)c1-n1c(C)cc(C2C(c3ccccn3)NC(=S)N2c2ccccc2F)c1C. The van der Waals surface area contributed by atoms with Gasteiger partial charge < -0.3 is 14.8 Å². The summed E-state index contributed by atoms with van der Waals surface area (Å²) in [5.41, 5.74) is 8.24. The van der Waals surface area contributed by atoms with Gasteiger partial charge in [0.15, 0.2) is 5.11 Å². The molecule has 6 heteroatoms. The zero-order chi connectivity index (χ0) is 24.0. The van der Waals surface area contributed by atoms with Gasteiger partial charge in [-0.05, 0) is 86.9 Å². The van der Waals surface area contributed by atoms with E-state index in [0.29, 0.717) is 10.8 Å². The first kappa shape index (κ1) is 22.3. The molecule has 0 saturated carbocycles. The summed E-state index contributed by atoms with van der Waals surface area (Å²) >= 11 is 5.77. The summed E-state index contributed by atoms with van der Waals surface area (Å²) in [4.78, 5) is 6.52. The summed E-state index contributed by atoms with van der Waals surface area (Å²) in [7, 11) is 0. The van der Waals surface area contributed by atoms with Crippen LogP contribution >= 0.6 is 12.2 Å². The van der Waals surface area contributed by atoms with E-state index in [-0.39, 0.29) is 17.9 Å². The third-order valence-electron chi connectivity index (χ3n) is 6.66. The lowest BCUT2D eigenvalue weighted by Gasteiger charge is -2.28. The molecule has 0 spiro atoms. The highest BCUT2D eigenvalue weighted by atomic mass is 32.1. The van der Waals surface area contributed by atoms with Gasteiger partial charge in [0.05, 0.1) is 29.2 Å². The molecule has 172 valence electrons. The third-order valence-corrected chi connectivity index (χ3v) is 6.98. The van der Waals surface area contributed by atoms with Crippen LogP contribution in [0.25, 0.3) is 5.69 Å². The molecule has 1 fully saturated rings. The summed E-state index contributed by atoms with van der Waals surface area (Å²) in [6.45, 7) is 8.52. The van der Waals surface area contributed by atoms with Crippen LogP contribution in [0.1, 0.15) is 45.9 Å². The highest BCUT2D eigenvalue weighted by Gasteiger charge is 2.43. The van der Waals surface area contributed by atoms with Gasteiger partial charge in [-0.2, -0.15) is 0 Å². The number of benzene rings is 2. The third kappa shape index (κ3) is 3.59. The number of rotatable bonds is 4. The summed E-state index contributed by atoms with van der Waals surface area (Å²) in [5.74, 6) is -0.304. The van der Waals surface area contributed by atoms with Crippen LogP contribution < -0.4 is 10.2 Å². The molecule has 1 saturated heterocycles. The van der Waals surface area contributed by atoms with Crippen molar-refractivity contribution in [2.45, 2.75) is 39.8 Å². The zero-order valence-electron chi connectivity index (χ0n) is 19.7. The van der Waals surface area contributed by atoms with E-state index >= 15 is 4.39 Å². The highest BCUT2D eigenvalue weighted by Crippen LogP contribution is 2.44. The van der Waals surface area contributed by atoms with Crippen molar-refractivity contribution >= 4 is 23.0 Å². The molecule has 4 nitrogen and oxygen atoms in total. The van der Waals surface area contributed by atoms with Gasteiger partial charge in [-0.15, -0.1) is 0 Å². The van der Waals surface area contributed by atoms with Crippen LogP contribution in [-0.2, 0) is 0 Å². The predicted molar refractivity (Wildman–Crippen MR) is 139 cm³/mol. The molecular formula is C28H27FN4S. The number of pyridine rings is 1. The molecule has 0 amide bonds. The molecule has 1 aliphatic heterocycles. The lowest BCUT2D eigenvalue weighted by molar-refractivity contribution is 0.556. The van der Waals surface area contributed by atoms with Gasteiger partial charge in [0.25, 0.3) is 0 Å². The van der Waals surface area contributed by atoms with Crippen LogP contribution in [0.4, 0.5) is 10.1 Å².